The van der Waals surface area contributed by atoms with Gasteiger partial charge in [0, 0.05) is 9.75 Å². The van der Waals surface area contributed by atoms with Crippen LogP contribution in [0.3, 0.4) is 0 Å². The molecule has 41 heavy (non-hydrogen) atoms. The third kappa shape index (κ3) is 5.18. The van der Waals surface area contributed by atoms with Crippen molar-refractivity contribution >= 4 is 57.4 Å². The molecule has 0 fully saturated rings. The number of aromatic nitrogens is 2. The molecule has 0 saturated heterocycles. The zero-order chi connectivity index (χ0) is 28.3. The second-order valence-corrected chi connectivity index (χ2v) is 11.0. The predicted molar refractivity (Wildman–Crippen MR) is 160 cm³/mol. The minimum absolute atomic E-state index is 0.402. The van der Waals surface area contributed by atoms with E-state index in [0.29, 0.717) is 45.2 Å². The molecule has 11 heteroatoms. The van der Waals surface area contributed by atoms with Gasteiger partial charge in [0.25, 0.3) is 0 Å². The fourth-order valence-electron chi connectivity index (χ4n) is 4.24. The van der Waals surface area contributed by atoms with Crippen LogP contribution in [-0.2, 0) is 9.47 Å². The molecule has 0 saturated carbocycles. The van der Waals surface area contributed by atoms with Gasteiger partial charge in [0.1, 0.15) is 22.5 Å². The lowest BCUT2D eigenvalue weighted by Crippen LogP contribution is -2.01. The van der Waals surface area contributed by atoms with Crippen LogP contribution >= 0.6 is 34.4 Å². The van der Waals surface area contributed by atoms with Crippen molar-refractivity contribution in [3.05, 3.63) is 94.7 Å². The molecule has 3 aromatic heterocycles. The predicted octanol–water partition coefficient (Wildman–Crippen LogP) is 8.31. The Labute approximate surface area is 246 Å². The summed E-state index contributed by atoms with van der Waals surface area (Å²) in [6.07, 6.45) is 0. The lowest BCUT2D eigenvalue weighted by atomic mass is 10.0. The number of fused-ring (bicyclic) bond motifs is 1. The number of methoxy groups -OCH3 is 2. The van der Waals surface area contributed by atoms with Crippen molar-refractivity contribution in [2.75, 3.05) is 14.2 Å². The first-order chi connectivity index (χ1) is 20.1. The second-order valence-electron chi connectivity index (χ2n) is 8.56. The summed E-state index contributed by atoms with van der Waals surface area (Å²) in [6, 6.07) is 21.3. The highest BCUT2D eigenvalue weighted by Gasteiger charge is 2.29. The highest BCUT2D eigenvalue weighted by molar-refractivity contribution is 7.14. The van der Waals surface area contributed by atoms with Gasteiger partial charge in [-0.05, 0) is 71.4 Å². The lowest BCUT2D eigenvalue weighted by molar-refractivity contribution is 0.0592. The van der Waals surface area contributed by atoms with E-state index in [4.69, 9.17) is 18.9 Å². The molecule has 0 radical (unpaired) electrons. The van der Waals surface area contributed by atoms with E-state index in [2.05, 4.69) is 8.75 Å². The fraction of sp³-hybridized carbons (Fsp3) is 0.0667. The van der Waals surface area contributed by atoms with Crippen LogP contribution in [0.1, 0.15) is 20.7 Å². The van der Waals surface area contributed by atoms with Crippen LogP contribution < -0.4 is 9.47 Å². The van der Waals surface area contributed by atoms with Crippen molar-refractivity contribution in [1.29, 1.82) is 0 Å². The number of esters is 2. The number of ether oxygens (including phenoxy) is 4. The number of carbonyl (C=O) groups is 2. The number of hydrogen-bond donors (Lipinski definition) is 0. The van der Waals surface area contributed by atoms with Crippen LogP contribution in [-0.4, -0.2) is 34.9 Å². The van der Waals surface area contributed by atoms with Gasteiger partial charge >= 0.3 is 11.9 Å². The monoisotopic (exact) mass is 600 g/mol. The van der Waals surface area contributed by atoms with Crippen molar-refractivity contribution in [1.82, 2.24) is 8.75 Å². The standard InChI is InChI=1S/C30H20N2O6S3/c1-35-29(33)17-7-11-19(12-8-17)37-27-23(21-5-3-15-39-21)25-26(32-41-31-25)24(22-6-4-16-40-22)28(27)38-20-13-9-18(10-14-20)30(34)36-2/h3-16H,1-2H3. The molecule has 3 heterocycles. The van der Waals surface area contributed by atoms with Gasteiger partial charge in [-0.3, -0.25) is 0 Å². The van der Waals surface area contributed by atoms with Crippen molar-refractivity contribution < 1.29 is 28.5 Å². The van der Waals surface area contributed by atoms with E-state index in [1.54, 1.807) is 71.2 Å². The first-order valence-corrected chi connectivity index (χ1v) is 14.7. The van der Waals surface area contributed by atoms with E-state index in [-0.39, 0.29) is 0 Å². The van der Waals surface area contributed by atoms with Crippen LogP contribution in [0, 0.1) is 0 Å². The van der Waals surface area contributed by atoms with Gasteiger partial charge in [-0.1, -0.05) is 12.1 Å². The van der Waals surface area contributed by atoms with Gasteiger partial charge in [-0.25, -0.2) is 9.59 Å². The van der Waals surface area contributed by atoms with Crippen LogP contribution in [0.25, 0.3) is 31.9 Å². The average Bonchev–Trinajstić information content (AvgIpc) is 3.81. The van der Waals surface area contributed by atoms with E-state index < -0.39 is 11.9 Å². The van der Waals surface area contributed by atoms with E-state index in [9.17, 15) is 9.59 Å². The summed E-state index contributed by atoms with van der Waals surface area (Å²) in [5.41, 5.74) is 3.66. The Morgan fingerprint density at radius 1 is 0.610 bits per heavy atom. The van der Waals surface area contributed by atoms with Crippen molar-refractivity contribution in [2.24, 2.45) is 0 Å². The molecule has 0 aliphatic rings. The third-order valence-electron chi connectivity index (χ3n) is 6.15. The molecule has 0 bridgehead atoms. The number of hydrogen-bond acceptors (Lipinski definition) is 11. The van der Waals surface area contributed by atoms with Gasteiger partial charge in [-0.2, -0.15) is 8.75 Å². The van der Waals surface area contributed by atoms with Crippen molar-refractivity contribution in [3.63, 3.8) is 0 Å². The van der Waals surface area contributed by atoms with Gasteiger partial charge < -0.3 is 18.9 Å². The number of thiophene rings is 2. The number of benzene rings is 3. The highest BCUT2D eigenvalue weighted by atomic mass is 32.1. The number of rotatable bonds is 8. The molecule has 204 valence electrons. The molecule has 0 unspecified atom stereocenters. The first kappa shape index (κ1) is 26.6. The van der Waals surface area contributed by atoms with Gasteiger partial charge in [0.05, 0.1) is 48.2 Å². The molecular formula is C30H20N2O6S3. The maximum Gasteiger partial charge on any atom is 0.337 e. The third-order valence-corrected chi connectivity index (χ3v) is 8.45. The Balaban J connectivity index is 1.58. The molecule has 8 nitrogen and oxygen atoms in total. The fourth-order valence-corrected chi connectivity index (χ4v) is 6.34. The Morgan fingerprint density at radius 2 is 1.02 bits per heavy atom. The summed E-state index contributed by atoms with van der Waals surface area (Å²) in [5, 5.41) is 3.96. The second kappa shape index (κ2) is 11.5. The smallest absolute Gasteiger partial charge is 0.337 e. The minimum atomic E-state index is -0.440. The number of carbonyl (C=O) groups excluding carboxylic acids is 2. The quantitative estimate of drug-likeness (QED) is 0.161. The zero-order valence-corrected chi connectivity index (χ0v) is 24.1. The zero-order valence-electron chi connectivity index (χ0n) is 21.7. The molecule has 0 aliphatic carbocycles. The normalized spacial score (nSPS) is 10.9. The molecular weight excluding hydrogens is 581 g/mol. The van der Waals surface area contributed by atoms with E-state index in [0.717, 1.165) is 32.6 Å². The Bertz CT molecular complexity index is 1690. The van der Waals surface area contributed by atoms with Gasteiger partial charge in [0.15, 0.2) is 11.5 Å². The molecule has 0 aliphatic heterocycles. The highest BCUT2D eigenvalue weighted by Crippen LogP contribution is 2.54. The van der Waals surface area contributed by atoms with E-state index in [1.807, 2.05) is 35.0 Å². The van der Waals surface area contributed by atoms with E-state index >= 15 is 0 Å². The molecule has 0 atom stereocenters. The number of nitrogens with zero attached hydrogens (tertiary/aromatic N) is 2. The maximum absolute atomic E-state index is 12.0. The van der Waals surface area contributed by atoms with Crippen molar-refractivity contribution in [3.8, 4) is 43.9 Å². The Kier molecular flexibility index (Phi) is 7.47. The summed E-state index contributed by atoms with van der Waals surface area (Å²) in [5.74, 6) is 0.982. The van der Waals surface area contributed by atoms with Crippen LogP contribution in [0.2, 0.25) is 0 Å². The maximum atomic E-state index is 12.0. The summed E-state index contributed by atoms with van der Waals surface area (Å²) in [6.45, 7) is 0. The molecule has 0 N–H and O–H groups in total. The lowest BCUT2D eigenvalue weighted by Gasteiger charge is -2.19. The Hall–Kier alpha value is -4.58. The topological polar surface area (TPSA) is 96.8 Å². The summed E-state index contributed by atoms with van der Waals surface area (Å²) < 4.78 is 32.2. The molecule has 6 rings (SSSR count). The minimum Gasteiger partial charge on any atom is -0.465 e. The van der Waals surface area contributed by atoms with Crippen LogP contribution in [0.15, 0.2) is 83.6 Å². The van der Waals surface area contributed by atoms with Crippen LogP contribution in [0.4, 0.5) is 0 Å². The largest absolute Gasteiger partial charge is 0.465 e. The SMILES string of the molecule is COC(=O)c1ccc(Oc2c(Oc3ccc(C(=O)OC)cc3)c(-c3cccs3)c3nsnc3c2-c2cccs2)cc1. The average molecular weight is 601 g/mol. The summed E-state index contributed by atoms with van der Waals surface area (Å²) >= 11 is 4.21. The molecule has 6 aromatic rings. The van der Waals surface area contributed by atoms with E-state index in [1.165, 1.54) is 14.2 Å². The van der Waals surface area contributed by atoms with Crippen molar-refractivity contribution in [2.45, 2.75) is 0 Å². The van der Waals surface area contributed by atoms with Gasteiger partial charge in [0.2, 0.25) is 0 Å². The summed E-state index contributed by atoms with van der Waals surface area (Å²) in [4.78, 5) is 25.9. The molecule has 3 aromatic carbocycles. The van der Waals surface area contributed by atoms with Crippen LogP contribution in [0.5, 0.6) is 23.0 Å². The Morgan fingerprint density at radius 3 is 1.37 bits per heavy atom. The summed E-state index contributed by atoms with van der Waals surface area (Å²) in [7, 11) is 2.68. The first-order valence-electron chi connectivity index (χ1n) is 12.2. The molecule has 0 amide bonds. The van der Waals surface area contributed by atoms with Gasteiger partial charge in [-0.15, -0.1) is 22.7 Å². The molecule has 0 spiro atoms.